The average molecular weight is 399 g/mol. The molecular formula is C20H19ClN4O3. The highest BCUT2D eigenvalue weighted by atomic mass is 35.5. The smallest absolute Gasteiger partial charge is 0.258 e. The van der Waals surface area contributed by atoms with Crippen LogP contribution in [0.2, 0.25) is 5.02 Å². The molecule has 1 heterocycles. The SMILES string of the molecule is COc1ccc(NC(C)=O)cc1NC(=O)c1cnn(Cc2ccccc2Cl)c1. The third-order valence-corrected chi connectivity index (χ3v) is 4.32. The van der Waals surface area contributed by atoms with Crippen LogP contribution in [0.25, 0.3) is 0 Å². The number of benzene rings is 2. The lowest BCUT2D eigenvalue weighted by Gasteiger charge is -2.12. The number of ether oxygens (including phenoxy) is 1. The van der Waals surface area contributed by atoms with E-state index in [1.807, 2.05) is 24.3 Å². The van der Waals surface area contributed by atoms with E-state index in [-0.39, 0.29) is 11.8 Å². The fourth-order valence-corrected chi connectivity index (χ4v) is 2.85. The van der Waals surface area contributed by atoms with Crippen LogP contribution in [0.1, 0.15) is 22.8 Å². The molecule has 0 saturated heterocycles. The van der Waals surface area contributed by atoms with Crippen LogP contribution in [-0.4, -0.2) is 28.7 Å². The molecule has 3 aromatic rings. The summed E-state index contributed by atoms with van der Waals surface area (Å²) < 4.78 is 6.92. The summed E-state index contributed by atoms with van der Waals surface area (Å²) in [6.45, 7) is 1.87. The maximum Gasteiger partial charge on any atom is 0.258 e. The van der Waals surface area contributed by atoms with E-state index >= 15 is 0 Å². The molecule has 7 nitrogen and oxygen atoms in total. The highest BCUT2D eigenvalue weighted by Gasteiger charge is 2.13. The largest absolute Gasteiger partial charge is 0.495 e. The average Bonchev–Trinajstić information content (AvgIpc) is 3.12. The van der Waals surface area contributed by atoms with Crippen LogP contribution < -0.4 is 15.4 Å². The van der Waals surface area contributed by atoms with Gasteiger partial charge in [-0.2, -0.15) is 5.10 Å². The molecule has 3 rings (SSSR count). The third-order valence-electron chi connectivity index (χ3n) is 3.95. The summed E-state index contributed by atoms with van der Waals surface area (Å²) in [5.41, 5.74) is 2.29. The Labute approximate surface area is 167 Å². The van der Waals surface area contributed by atoms with Gasteiger partial charge in [0.2, 0.25) is 5.91 Å². The van der Waals surface area contributed by atoms with Crippen LogP contribution >= 0.6 is 11.6 Å². The maximum atomic E-state index is 12.6. The second kappa shape index (κ2) is 8.58. The monoisotopic (exact) mass is 398 g/mol. The van der Waals surface area contributed by atoms with E-state index in [4.69, 9.17) is 16.3 Å². The number of hydrogen-bond acceptors (Lipinski definition) is 4. The lowest BCUT2D eigenvalue weighted by molar-refractivity contribution is -0.114. The van der Waals surface area contributed by atoms with Gasteiger partial charge in [-0.25, -0.2) is 0 Å². The zero-order valence-electron chi connectivity index (χ0n) is 15.4. The Hall–Kier alpha value is -3.32. The van der Waals surface area contributed by atoms with Gasteiger partial charge in [-0.05, 0) is 29.8 Å². The van der Waals surface area contributed by atoms with E-state index in [1.54, 1.807) is 29.1 Å². The van der Waals surface area contributed by atoms with Crippen molar-refractivity contribution >= 4 is 34.8 Å². The number of nitrogens with zero attached hydrogens (tertiary/aromatic N) is 2. The molecule has 0 atom stereocenters. The van der Waals surface area contributed by atoms with Gasteiger partial charge in [0.25, 0.3) is 5.91 Å². The van der Waals surface area contributed by atoms with E-state index in [1.165, 1.54) is 20.2 Å². The van der Waals surface area contributed by atoms with Crippen molar-refractivity contribution < 1.29 is 14.3 Å². The molecule has 8 heteroatoms. The first-order chi connectivity index (χ1) is 13.5. The number of anilines is 2. The van der Waals surface area contributed by atoms with Gasteiger partial charge in [0, 0.05) is 23.8 Å². The molecule has 0 aliphatic rings. The zero-order valence-corrected chi connectivity index (χ0v) is 16.2. The Kier molecular flexibility index (Phi) is 5.96. The second-order valence-electron chi connectivity index (χ2n) is 6.07. The molecule has 2 amide bonds. The topological polar surface area (TPSA) is 85.2 Å². The Balaban J connectivity index is 1.76. The van der Waals surface area contributed by atoms with Gasteiger partial charge in [-0.1, -0.05) is 29.8 Å². The molecule has 0 aliphatic heterocycles. The number of methoxy groups -OCH3 is 1. The molecule has 28 heavy (non-hydrogen) atoms. The number of halogens is 1. The second-order valence-corrected chi connectivity index (χ2v) is 6.48. The molecular weight excluding hydrogens is 380 g/mol. The van der Waals surface area contributed by atoms with Crippen molar-refractivity contribution in [2.75, 3.05) is 17.7 Å². The molecule has 144 valence electrons. The Morgan fingerprint density at radius 1 is 1.18 bits per heavy atom. The molecule has 0 spiro atoms. The minimum Gasteiger partial charge on any atom is -0.495 e. The van der Waals surface area contributed by atoms with E-state index in [0.29, 0.717) is 34.3 Å². The van der Waals surface area contributed by atoms with Crippen molar-refractivity contribution in [1.29, 1.82) is 0 Å². The molecule has 2 N–H and O–H groups in total. The van der Waals surface area contributed by atoms with Gasteiger partial charge in [0.15, 0.2) is 0 Å². The Morgan fingerprint density at radius 3 is 2.68 bits per heavy atom. The van der Waals surface area contributed by atoms with Crippen LogP contribution in [0.5, 0.6) is 5.75 Å². The van der Waals surface area contributed by atoms with Crippen molar-refractivity contribution in [3.05, 3.63) is 71.0 Å². The van der Waals surface area contributed by atoms with Gasteiger partial charge >= 0.3 is 0 Å². The van der Waals surface area contributed by atoms with Gasteiger partial charge in [0.05, 0.1) is 31.1 Å². The van der Waals surface area contributed by atoms with Crippen LogP contribution in [-0.2, 0) is 11.3 Å². The van der Waals surface area contributed by atoms with Crippen molar-refractivity contribution in [2.45, 2.75) is 13.5 Å². The van der Waals surface area contributed by atoms with E-state index in [9.17, 15) is 9.59 Å². The zero-order chi connectivity index (χ0) is 20.1. The summed E-state index contributed by atoms with van der Waals surface area (Å²) >= 11 is 6.17. The quantitative estimate of drug-likeness (QED) is 0.661. The highest BCUT2D eigenvalue weighted by molar-refractivity contribution is 6.31. The summed E-state index contributed by atoms with van der Waals surface area (Å²) in [5.74, 6) is -0.0714. The van der Waals surface area contributed by atoms with Crippen molar-refractivity contribution in [3.63, 3.8) is 0 Å². The normalized spacial score (nSPS) is 10.4. The predicted molar refractivity (Wildman–Crippen MR) is 108 cm³/mol. The lowest BCUT2D eigenvalue weighted by Crippen LogP contribution is -2.13. The van der Waals surface area contributed by atoms with Gasteiger partial charge in [-0.3, -0.25) is 14.3 Å². The van der Waals surface area contributed by atoms with Crippen molar-refractivity contribution in [1.82, 2.24) is 9.78 Å². The molecule has 0 unspecified atom stereocenters. The molecule has 0 fully saturated rings. The molecule has 0 radical (unpaired) electrons. The number of hydrogen-bond donors (Lipinski definition) is 2. The standard InChI is InChI=1S/C20H19ClN4O3/c1-13(26)23-16-7-8-19(28-2)18(9-16)24-20(27)15-10-22-25(12-15)11-14-5-3-4-6-17(14)21/h3-10,12H,11H2,1-2H3,(H,23,26)(H,24,27). The number of nitrogens with one attached hydrogen (secondary N) is 2. The van der Waals surface area contributed by atoms with E-state index in [2.05, 4.69) is 15.7 Å². The van der Waals surface area contributed by atoms with E-state index in [0.717, 1.165) is 5.56 Å². The van der Waals surface area contributed by atoms with E-state index < -0.39 is 0 Å². The number of carbonyl (C=O) groups excluding carboxylic acids is 2. The fourth-order valence-electron chi connectivity index (χ4n) is 2.65. The van der Waals surface area contributed by atoms with Crippen LogP contribution in [0.3, 0.4) is 0 Å². The first-order valence-corrected chi connectivity index (χ1v) is 8.87. The van der Waals surface area contributed by atoms with Crippen LogP contribution in [0, 0.1) is 0 Å². The summed E-state index contributed by atoms with van der Waals surface area (Å²) in [6.07, 6.45) is 3.12. The molecule has 0 bridgehead atoms. The number of carbonyl (C=O) groups is 2. The molecule has 0 saturated carbocycles. The highest BCUT2D eigenvalue weighted by Crippen LogP contribution is 2.28. The predicted octanol–water partition coefficient (Wildman–Crippen LogP) is 3.80. The first-order valence-electron chi connectivity index (χ1n) is 8.49. The molecule has 2 aromatic carbocycles. The summed E-state index contributed by atoms with van der Waals surface area (Å²) in [7, 11) is 1.50. The number of rotatable bonds is 6. The van der Waals surface area contributed by atoms with Crippen molar-refractivity contribution in [2.24, 2.45) is 0 Å². The van der Waals surface area contributed by atoms with Crippen molar-refractivity contribution in [3.8, 4) is 5.75 Å². The van der Waals surface area contributed by atoms with Gasteiger partial charge < -0.3 is 15.4 Å². The Bertz CT molecular complexity index is 1020. The summed E-state index contributed by atoms with van der Waals surface area (Å²) in [6, 6.07) is 12.5. The minimum absolute atomic E-state index is 0.205. The van der Waals surface area contributed by atoms with Gasteiger partial charge in [-0.15, -0.1) is 0 Å². The lowest BCUT2D eigenvalue weighted by atomic mass is 10.2. The summed E-state index contributed by atoms with van der Waals surface area (Å²) in [4.78, 5) is 23.9. The summed E-state index contributed by atoms with van der Waals surface area (Å²) in [5, 5.41) is 10.3. The number of amides is 2. The maximum absolute atomic E-state index is 12.6. The third kappa shape index (κ3) is 4.69. The minimum atomic E-state index is -0.344. The van der Waals surface area contributed by atoms with Crippen LogP contribution in [0.15, 0.2) is 54.9 Å². The molecule has 1 aromatic heterocycles. The Morgan fingerprint density at radius 2 is 1.96 bits per heavy atom. The fraction of sp³-hybridized carbons (Fsp3) is 0.150. The van der Waals surface area contributed by atoms with Gasteiger partial charge in [0.1, 0.15) is 5.75 Å². The van der Waals surface area contributed by atoms with Crippen LogP contribution in [0.4, 0.5) is 11.4 Å². The molecule has 0 aliphatic carbocycles. The number of aromatic nitrogens is 2. The first kappa shape index (κ1) is 19.4.